The number of nitrogens with zero attached hydrogens (tertiary/aromatic N) is 2. The van der Waals surface area contributed by atoms with Gasteiger partial charge in [-0.15, -0.1) is 0 Å². The quantitative estimate of drug-likeness (QED) is 0.624. The molecule has 0 aliphatic carbocycles. The van der Waals surface area contributed by atoms with E-state index >= 15 is 0 Å². The predicted octanol–water partition coefficient (Wildman–Crippen LogP) is 2.85. The van der Waals surface area contributed by atoms with Crippen molar-refractivity contribution < 1.29 is 13.2 Å². The van der Waals surface area contributed by atoms with Gasteiger partial charge in [0.1, 0.15) is 0 Å². The molecule has 0 aliphatic rings. The number of amides is 1. The fraction of sp³-hybridized carbons (Fsp3) is 0.238. The van der Waals surface area contributed by atoms with E-state index in [-0.39, 0.29) is 5.91 Å². The second kappa shape index (κ2) is 8.48. The molecule has 1 heterocycles. The second-order valence-electron chi connectivity index (χ2n) is 6.93. The van der Waals surface area contributed by atoms with E-state index in [0.29, 0.717) is 24.3 Å². The topological polar surface area (TPSA) is 93.1 Å². The minimum Gasteiger partial charge on any atom is -0.348 e. The molecule has 0 spiro atoms. The molecule has 1 aromatic heterocycles. The lowest BCUT2D eigenvalue weighted by molar-refractivity contribution is 0.0951. The van der Waals surface area contributed by atoms with Crippen LogP contribution in [0.4, 0.5) is 5.69 Å². The Hall–Kier alpha value is -3.13. The van der Waals surface area contributed by atoms with Crippen LogP contribution < -0.4 is 10.0 Å². The monoisotopic (exact) mass is 412 g/mol. The number of hydrogen-bond donors (Lipinski definition) is 2. The molecule has 152 valence electrons. The SMILES string of the molecule is Cc1nn(Cc2ccccc2)c(C)c1CNC(=O)c1ccc(NS(C)(=O)=O)cc1. The lowest BCUT2D eigenvalue weighted by Gasteiger charge is -2.08. The van der Waals surface area contributed by atoms with Crippen LogP contribution in [0.5, 0.6) is 0 Å². The second-order valence-corrected chi connectivity index (χ2v) is 8.68. The third-order valence-corrected chi connectivity index (χ3v) is 5.19. The van der Waals surface area contributed by atoms with Gasteiger partial charge in [-0.25, -0.2) is 8.42 Å². The van der Waals surface area contributed by atoms with Crippen LogP contribution in [0, 0.1) is 13.8 Å². The molecule has 3 aromatic rings. The lowest BCUT2D eigenvalue weighted by Crippen LogP contribution is -2.23. The molecule has 0 bridgehead atoms. The Balaban J connectivity index is 1.66. The third kappa shape index (κ3) is 5.45. The van der Waals surface area contributed by atoms with Crippen LogP contribution in [0.3, 0.4) is 0 Å². The molecule has 0 saturated carbocycles. The summed E-state index contributed by atoms with van der Waals surface area (Å²) < 4.78 is 26.8. The van der Waals surface area contributed by atoms with E-state index in [2.05, 4.69) is 27.3 Å². The minimum atomic E-state index is -3.35. The Morgan fingerprint density at radius 1 is 1.03 bits per heavy atom. The van der Waals surface area contributed by atoms with Crippen LogP contribution >= 0.6 is 0 Å². The van der Waals surface area contributed by atoms with E-state index in [1.807, 2.05) is 36.7 Å². The van der Waals surface area contributed by atoms with Crippen molar-refractivity contribution in [3.8, 4) is 0 Å². The van der Waals surface area contributed by atoms with Crippen LogP contribution in [-0.2, 0) is 23.1 Å². The van der Waals surface area contributed by atoms with Crippen molar-refractivity contribution in [3.63, 3.8) is 0 Å². The smallest absolute Gasteiger partial charge is 0.251 e. The van der Waals surface area contributed by atoms with Crippen molar-refractivity contribution in [3.05, 3.63) is 82.7 Å². The average Bonchev–Trinajstić information content (AvgIpc) is 2.93. The van der Waals surface area contributed by atoms with E-state index in [4.69, 9.17) is 0 Å². The summed E-state index contributed by atoms with van der Waals surface area (Å²) in [7, 11) is -3.35. The van der Waals surface area contributed by atoms with Gasteiger partial charge in [0.15, 0.2) is 0 Å². The molecule has 0 fully saturated rings. The number of aromatic nitrogens is 2. The summed E-state index contributed by atoms with van der Waals surface area (Å²) in [5, 5.41) is 7.51. The van der Waals surface area contributed by atoms with Crippen molar-refractivity contribution in [1.82, 2.24) is 15.1 Å². The number of sulfonamides is 1. The number of rotatable bonds is 7. The van der Waals surface area contributed by atoms with Crippen molar-refractivity contribution in [1.29, 1.82) is 0 Å². The highest BCUT2D eigenvalue weighted by Crippen LogP contribution is 2.16. The van der Waals surface area contributed by atoms with Gasteiger partial charge >= 0.3 is 0 Å². The maximum atomic E-state index is 12.5. The molecular weight excluding hydrogens is 388 g/mol. The Morgan fingerprint density at radius 3 is 2.31 bits per heavy atom. The van der Waals surface area contributed by atoms with E-state index in [1.54, 1.807) is 24.3 Å². The van der Waals surface area contributed by atoms with Crippen LogP contribution in [-0.4, -0.2) is 30.4 Å². The zero-order valence-corrected chi connectivity index (χ0v) is 17.5. The summed E-state index contributed by atoms with van der Waals surface area (Å²) in [6, 6.07) is 16.4. The van der Waals surface area contributed by atoms with E-state index < -0.39 is 10.0 Å². The van der Waals surface area contributed by atoms with E-state index in [1.165, 1.54) is 0 Å². The van der Waals surface area contributed by atoms with Gasteiger partial charge in [-0.1, -0.05) is 30.3 Å². The van der Waals surface area contributed by atoms with Crippen molar-refractivity contribution in [2.24, 2.45) is 0 Å². The van der Waals surface area contributed by atoms with Crippen molar-refractivity contribution in [2.45, 2.75) is 26.9 Å². The summed E-state index contributed by atoms with van der Waals surface area (Å²) in [5.74, 6) is -0.231. The normalized spacial score (nSPS) is 11.3. The Bertz CT molecular complexity index is 1100. The van der Waals surface area contributed by atoms with Crippen molar-refractivity contribution in [2.75, 3.05) is 11.0 Å². The summed E-state index contributed by atoms with van der Waals surface area (Å²) in [4.78, 5) is 12.5. The summed E-state index contributed by atoms with van der Waals surface area (Å²) in [5.41, 5.74) is 4.92. The highest BCUT2D eigenvalue weighted by atomic mass is 32.2. The van der Waals surface area contributed by atoms with Crippen LogP contribution in [0.1, 0.15) is 32.9 Å². The number of carbonyl (C=O) groups excluding carboxylic acids is 1. The van der Waals surface area contributed by atoms with Gasteiger partial charge in [0.25, 0.3) is 5.91 Å². The number of aryl methyl sites for hydroxylation is 1. The molecule has 0 unspecified atom stereocenters. The average molecular weight is 413 g/mol. The van der Waals surface area contributed by atoms with Gasteiger partial charge in [0.2, 0.25) is 10.0 Å². The fourth-order valence-corrected chi connectivity index (χ4v) is 3.64. The maximum absolute atomic E-state index is 12.5. The van der Waals surface area contributed by atoms with E-state index in [0.717, 1.165) is 28.8 Å². The first-order valence-electron chi connectivity index (χ1n) is 9.16. The molecular formula is C21H24N4O3S. The number of anilines is 1. The van der Waals surface area contributed by atoms with Gasteiger partial charge in [0.05, 0.1) is 18.5 Å². The summed E-state index contributed by atoms with van der Waals surface area (Å²) >= 11 is 0. The maximum Gasteiger partial charge on any atom is 0.251 e. The molecule has 7 nitrogen and oxygen atoms in total. The highest BCUT2D eigenvalue weighted by molar-refractivity contribution is 7.92. The molecule has 29 heavy (non-hydrogen) atoms. The standard InChI is InChI=1S/C21H24N4O3S/c1-15-20(16(2)25(23-15)14-17-7-5-4-6-8-17)13-22-21(26)18-9-11-19(12-10-18)24-29(3,27)28/h4-12,24H,13-14H2,1-3H3,(H,22,26). The summed E-state index contributed by atoms with van der Waals surface area (Å²) in [6.07, 6.45) is 1.08. The van der Waals surface area contributed by atoms with Crippen LogP contribution in [0.25, 0.3) is 0 Å². The molecule has 0 aliphatic heterocycles. The first kappa shape index (κ1) is 20.6. The summed E-state index contributed by atoms with van der Waals surface area (Å²) in [6.45, 7) is 4.97. The van der Waals surface area contributed by atoms with Crippen LogP contribution in [0.15, 0.2) is 54.6 Å². The zero-order chi connectivity index (χ0) is 21.0. The number of carbonyl (C=O) groups is 1. The Morgan fingerprint density at radius 2 is 1.69 bits per heavy atom. The first-order chi connectivity index (χ1) is 13.7. The van der Waals surface area contributed by atoms with E-state index in [9.17, 15) is 13.2 Å². The highest BCUT2D eigenvalue weighted by Gasteiger charge is 2.14. The van der Waals surface area contributed by atoms with Gasteiger partial charge < -0.3 is 5.32 Å². The molecule has 2 N–H and O–H groups in total. The number of benzene rings is 2. The van der Waals surface area contributed by atoms with Crippen LogP contribution in [0.2, 0.25) is 0 Å². The fourth-order valence-electron chi connectivity index (χ4n) is 3.07. The number of nitrogens with one attached hydrogen (secondary N) is 2. The lowest BCUT2D eigenvalue weighted by atomic mass is 10.1. The van der Waals surface area contributed by atoms with Gasteiger partial charge in [-0.3, -0.25) is 14.2 Å². The predicted molar refractivity (Wildman–Crippen MR) is 113 cm³/mol. The first-order valence-corrected chi connectivity index (χ1v) is 11.0. The molecule has 3 rings (SSSR count). The minimum absolute atomic E-state index is 0.231. The molecule has 2 aromatic carbocycles. The Labute approximate surface area is 170 Å². The van der Waals surface area contributed by atoms with Gasteiger partial charge in [-0.2, -0.15) is 5.10 Å². The largest absolute Gasteiger partial charge is 0.348 e. The molecule has 1 amide bonds. The zero-order valence-electron chi connectivity index (χ0n) is 16.6. The molecule has 0 radical (unpaired) electrons. The number of hydrogen-bond acceptors (Lipinski definition) is 4. The van der Waals surface area contributed by atoms with Gasteiger partial charge in [0, 0.05) is 29.1 Å². The Kier molecular flexibility index (Phi) is 6.03. The molecule has 8 heteroatoms. The van der Waals surface area contributed by atoms with Gasteiger partial charge in [-0.05, 0) is 43.7 Å². The third-order valence-electron chi connectivity index (χ3n) is 4.58. The van der Waals surface area contributed by atoms with Crippen molar-refractivity contribution >= 4 is 21.6 Å². The molecule has 0 atom stereocenters. The molecule has 0 saturated heterocycles.